The van der Waals surface area contributed by atoms with E-state index in [4.69, 9.17) is 5.73 Å². The first kappa shape index (κ1) is 23.8. The lowest BCUT2D eigenvalue weighted by molar-refractivity contribution is -0.144. The standard InChI is InChI=1S/C23H18F4N6O2/c24-15-8-6-14(7-9-15)19-17(13-4-2-1-3-5-13)12-33(32-19)20-16(21(35)29-11-18(28)34)10-30-22(31-20)23(25,26)27/h1-10,17H,11-12H2,(H2,28,34)(H,29,35). The zero-order valence-corrected chi connectivity index (χ0v) is 18.0. The molecule has 1 unspecified atom stereocenters. The number of nitrogens with zero attached hydrogens (tertiary/aromatic N) is 4. The molecule has 1 aliphatic heterocycles. The summed E-state index contributed by atoms with van der Waals surface area (Å²) in [5.41, 5.74) is 6.53. The topological polar surface area (TPSA) is 114 Å². The predicted molar refractivity (Wildman–Crippen MR) is 118 cm³/mol. The molecule has 2 heterocycles. The van der Waals surface area contributed by atoms with Crippen LogP contribution in [-0.4, -0.2) is 40.6 Å². The smallest absolute Gasteiger partial charge is 0.368 e. The Labute approximate surface area is 196 Å². The molecule has 0 saturated carbocycles. The number of nitrogens with two attached hydrogens (primary N) is 1. The van der Waals surface area contributed by atoms with Crippen LogP contribution in [-0.2, 0) is 11.0 Å². The van der Waals surface area contributed by atoms with E-state index in [2.05, 4.69) is 20.4 Å². The first-order valence-corrected chi connectivity index (χ1v) is 10.3. The Morgan fingerprint density at radius 1 is 1.09 bits per heavy atom. The number of hydrazone groups is 1. The minimum Gasteiger partial charge on any atom is -0.368 e. The van der Waals surface area contributed by atoms with Gasteiger partial charge in [0.15, 0.2) is 5.82 Å². The molecule has 0 fully saturated rings. The second-order valence-electron chi connectivity index (χ2n) is 7.62. The van der Waals surface area contributed by atoms with Crippen molar-refractivity contribution in [3.05, 3.63) is 89.1 Å². The first-order valence-electron chi connectivity index (χ1n) is 10.3. The summed E-state index contributed by atoms with van der Waals surface area (Å²) >= 11 is 0. The Morgan fingerprint density at radius 2 is 1.77 bits per heavy atom. The van der Waals surface area contributed by atoms with Gasteiger partial charge >= 0.3 is 6.18 Å². The number of primary amides is 1. The molecule has 35 heavy (non-hydrogen) atoms. The highest BCUT2D eigenvalue weighted by molar-refractivity contribution is 6.08. The number of aromatic nitrogens is 2. The summed E-state index contributed by atoms with van der Waals surface area (Å²) in [6.45, 7) is -0.489. The van der Waals surface area contributed by atoms with Crippen molar-refractivity contribution in [1.82, 2.24) is 15.3 Å². The van der Waals surface area contributed by atoms with E-state index in [9.17, 15) is 27.2 Å². The van der Waals surface area contributed by atoms with Crippen LogP contribution in [0.2, 0.25) is 0 Å². The average Bonchev–Trinajstić information content (AvgIpc) is 3.28. The molecule has 1 aromatic heterocycles. The van der Waals surface area contributed by atoms with Gasteiger partial charge in [-0.2, -0.15) is 18.3 Å². The van der Waals surface area contributed by atoms with Crippen molar-refractivity contribution in [1.29, 1.82) is 0 Å². The number of hydrogen-bond acceptors (Lipinski definition) is 6. The highest BCUT2D eigenvalue weighted by atomic mass is 19.4. The lowest BCUT2D eigenvalue weighted by Crippen LogP contribution is -2.35. The molecule has 12 heteroatoms. The zero-order valence-electron chi connectivity index (χ0n) is 18.0. The third kappa shape index (κ3) is 5.26. The summed E-state index contributed by atoms with van der Waals surface area (Å²) < 4.78 is 53.7. The second kappa shape index (κ2) is 9.49. The van der Waals surface area contributed by atoms with Crippen molar-refractivity contribution >= 4 is 23.3 Å². The third-order valence-electron chi connectivity index (χ3n) is 5.19. The largest absolute Gasteiger partial charge is 0.451 e. The SMILES string of the molecule is NC(=O)CNC(=O)c1cnc(C(F)(F)F)nc1N1CC(c2ccccc2)C(c2ccc(F)cc2)=N1. The van der Waals surface area contributed by atoms with Gasteiger partial charge in [-0.3, -0.25) is 9.59 Å². The van der Waals surface area contributed by atoms with Gasteiger partial charge in [-0.15, -0.1) is 0 Å². The molecule has 4 rings (SSSR count). The highest BCUT2D eigenvalue weighted by Gasteiger charge is 2.38. The minimum absolute atomic E-state index is 0.0428. The average molecular weight is 486 g/mol. The number of benzene rings is 2. The molecule has 180 valence electrons. The van der Waals surface area contributed by atoms with Gasteiger partial charge in [0.25, 0.3) is 5.91 Å². The van der Waals surface area contributed by atoms with E-state index >= 15 is 0 Å². The van der Waals surface area contributed by atoms with Crippen molar-refractivity contribution < 1.29 is 27.2 Å². The molecule has 3 aromatic rings. The molecule has 0 spiro atoms. The fourth-order valence-corrected chi connectivity index (χ4v) is 3.59. The van der Waals surface area contributed by atoms with Gasteiger partial charge < -0.3 is 11.1 Å². The molecular formula is C23H18F4N6O2. The minimum atomic E-state index is -4.88. The normalized spacial score (nSPS) is 15.6. The number of rotatable bonds is 6. The number of hydrogen-bond donors (Lipinski definition) is 2. The molecule has 1 atom stereocenters. The lowest BCUT2D eigenvalue weighted by atomic mass is 9.90. The van der Waals surface area contributed by atoms with Gasteiger partial charge in [0.1, 0.15) is 11.4 Å². The first-order chi connectivity index (χ1) is 16.6. The van der Waals surface area contributed by atoms with Crippen molar-refractivity contribution in [2.45, 2.75) is 12.1 Å². The zero-order chi connectivity index (χ0) is 25.2. The number of anilines is 1. The number of nitrogens with one attached hydrogen (secondary N) is 1. The van der Waals surface area contributed by atoms with Gasteiger partial charge in [0.05, 0.1) is 18.8 Å². The van der Waals surface area contributed by atoms with E-state index in [-0.39, 0.29) is 12.1 Å². The fraction of sp³-hybridized carbons (Fsp3) is 0.174. The van der Waals surface area contributed by atoms with Crippen molar-refractivity contribution in [3.8, 4) is 0 Å². The molecule has 1 aliphatic rings. The van der Waals surface area contributed by atoms with E-state index in [1.165, 1.54) is 29.3 Å². The van der Waals surface area contributed by atoms with Gasteiger partial charge in [0, 0.05) is 12.1 Å². The van der Waals surface area contributed by atoms with E-state index in [1.807, 2.05) is 18.2 Å². The number of alkyl halides is 3. The van der Waals surface area contributed by atoms with Gasteiger partial charge in [-0.25, -0.2) is 19.4 Å². The highest BCUT2D eigenvalue weighted by Crippen LogP contribution is 2.34. The predicted octanol–water partition coefficient (Wildman–Crippen LogP) is 2.86. The van der Waals surface area contributed by atoms with Gasteiger partial charge in [0.2, 0.25) is 11.7 Å². The molecule has 0 bridgehead atoms. The van der Waals surface area contributed by atoms with Crippen LogP contribution in [0.3, 0.4) is 0 Å². The number of carbonyl (C=O) groups excluding carboxylic acids is 2. The second-order valence-corrected chi connectivity index (χ2v) is 7.62. The number of halogens is 4. The third-order valence-corrected chi connectivity index (χ3v) is 5.19. The van der Waals surface area contributed by atoms with Crippen LogP contribution < -0.4 is 16.1 Å². The summed E-state index contributed by atoms with van der Waals surface area (Å²) in [6, 6.07) is 14.6. The Morgan fingerprint density at radius 3 is 2.40 bits per heavy atom. The maximum Gasteiger partial charge on any atom is 0.451 e. The molecule has 0 saturated heterocycles. The molecule has 3 N–H and O–H groups in total. The number of carbonyl (C=O) groups is 2. The molecular weight excluding hydrogens is 468 g/mol. The van der Waals surface area contributed by atoms with Crippen LogP contribution in [0.5, 0.6) is 0 Å². The maximum atomic E-state index is 13.5. The van der Waals surface area contributed by atoms with E-state index in [0.29, 0.717) is 11.3 Å². The quantitative estimate of drug-likeness (QED) is 0.521. The Kier molecular flexibility index (Phi) is 6.45. The Balaban J connectivity index is 1.81. The van der Waals surface area contributed by atoms with Crippen LogP contribution in [0.15, 0.2) is 65.9 Å². The number of amides is 2. The molecule has 2 aromatic carbocycles. The van der Waals surface area contributed by atoms with Gasteiger partial charge in [-0.05, 0) is 23.3 Å². The Hall–Kier alpha value is -4.35. The summed E-state index contributed by atoms with van der Waals surface area (Å²) in [5.74, 6) is -4.47. The summed E-state index contributed by atoms with van der Waals surface area (Å²) in [6.07, 6.45) is -4.15. The van der Waals surface area contributed by atoms with E-state index in [1.54, 1.807) is 12.1 Å². The van der Waals surface area contributed by atoms with Crippen LogP contribution in [0.4, 0.5) is 23.4 Å². The lowest BCUT2D eigenvalue weighted by Gasteiger charge is -2.19. The van der Waals surface area contributed by atoms with Gasteiger partial charge in [-0.1, -0.05) is 42.5 Å². The van der Waals surface area contributed by atoms with Crippen LogP contribution in [0, 0.1) is 5.82 Å². The molecule has 0 aliphatic carbocycles. The summed E-state index contributed by atoms with van der Waals surface area (Å²) in [5, 5.41) is 7.87. The van der Waals surface area contributed by atoms with E-state index in [0.717, 1.165) is 11.8 Å². The van der Waals surface area contributed by atoms with Crippen LogP contribution >= 0.6 is 0 Å². The fourth-order valence-electron chi connectivity index (χ4n) is 3.59. The van der Waals surface area contributed by atoms with Crippen molar-refractivity contribution in [3.63, 3.8) is 0 Å². The summed E-state index contributed by atoms with van der Waals surface area (Å²) in [4.78, 5) is 30.5. The Bertz CT molecular complexity index is 1280. The van der Waals surface area contributed by atoms with Crippen molar-refractivity contribution in [2.75, 3.05) is 18.1 Å². The molecule has 2 amide bonds. The van der Waals surface area contributed by atoms with Crippen LogP contribution in [0.1, 0.15) is 33.2 Å². The molecule has 8 nitrogen and oxygen atoms in total. The summed E-state index contributed by atoms with van der Waals surface area (Å²) in [7, 11) is 0. The maximum absolute atomic E-state index is 13.5. The molecule has 0 radical (unpaired) electrons. The van der Waals surface area contributed by atoms with Crippen LogP contribution in [0.25, 0.3) is 0 Å². The van der Waals surface area contributed by atoms with Crippen molar-refractivity contribution in [2.24, 2.45) is 10.8 Å². The monoisotopic (exact) mass is 486 g/mol. The van der Waals surface area contributed by atoms with E-state index < -0.39 is 47.9 Å².